The Morgan fingerprint density at radius 3 is 1.15 bits per heavy atom. The first-order chi connectivity index (χ1) is 18.6. The quantitative estimate of drug-likeness (QED) is 0.238. The molecule has 0 heterocycles. The zero-order chi connectivity index (χ0) is 30.3. The third kappa shape index (κ3) is 9.13. The van der Waals surface area contributed by atoms with Crippen molar-refractivity contribution in [3.8, 4) is 23.0 Å². The molecule has 2 aromatic carbocycles. The van der Waals surface area contributed by atoms with Crippen LogP contribution in [0.4, 0.5) is 0 Å². The molecular formula is C34H50O5P+. The van der Waals surface area contributed by atoms with Crippen molar-refractivity contribution in [2.75, 3.05) is 28.4 Å². The first kappa shape index (κ1) is 33.4. The average Bonchev–Trinajstić information content (AvgIpc) is 2.87. The average molecular weight is 570 g/mol. The molecule has 0 amide bonds. The SMILES string of the molecule is COc1cccc(OC)c1C=C(C(C)CC(C)(C)C)[P+](=O)C(=Cc1c(OC)cccc1OC)C(C)CC(C)(C)C. The van der Waals surface area contributed by atoms with Gasteiger partial charge in [0.05, 0.1) is 39.6 Å². The van der Waals surface area contributed by atoms with E-state index in [0.717, 1.165) is 34.6 Å². The van der Waals surface area contributed by atoms with Gasteiger partial charge in [-0.25, -0.2) is 0 Å². The number of benzene rings is 2. The molecule has 0 saturated heterocycles. The van der Waals surface area contributed by atoms with Crippen molar-refractivity contribution in [2.45, 2.75) is 68.2 Å². The van der Waals surface area contributed by atoms with E-state index in [-0.39, 0.29) is 22.7 Å². The number of hydrogen-bond donors (Lipinski definition) is 0. The molecule has 0 aliphatic heterocycles. The second-order valence-electron chi connectivity index (χ2n) is 12.9. The highest BCUT2D eigenvalue weighted by Gasteiger charge is 2.39. The lowest BCUT2D eigenvalue weighted by atomic mass is 9.85. The summed E-state index contributed by atoms with van der Waals surface area (Å²) in [6.45, 7) is 17.6. The van der Waals surface area contributed by atoms with E-state index in [1.165, 1.54) is 0 Å². The van der Waals surface area contributed by atoms with Gasteiger partial charge in [-0.2, -0.15) is 0 Å². The van der Waals surface area contributed by atoms with Gasteiger partial charge < -0.3 is 18.9 Å². The topological polar surface area (TPSA) is 54.0 Å². The maximum absolute atomic E-state index is 15.0. The van der Waals surface area contributed by atoms with Gasteiger partial charge in [-0.1, -0.05) is 72.1 Å². The van der Waals surface area contributed by atoms with Gasteiger partial charge in [-0.15, -0.1) is 0 Å². The molecule has 2 aromatic rings. The zero-order valence-corrected chi connectivity index (χ0v) is 27.6. The molecule has 0 spiro atoms. The third-order valence-corrected chi connectivity index (χ3v) is 8.91. The van der Waals surface area contributed by atoms with E-state index in [1.54, 1.807) is 28.4 Å². The summed E-state index contributed by atoms with van der Waals surface area (Å²) in [4.78, 5) is 0. The highest BCUT2D eigenvalue weighted by Crippen LogP contribution is 2.54. The minimum Gasteiger partial charge on any atom is -0.496 e. The summed E-state index contributed by atoms with van der Waals surface area (Å²) in [6.07, 6.45) is 5.81. The molecular weight excluding hydrogens is 519 g/mol. The summed E-state index contributed by atoms with van der Waals surface area (Å²) in [5, 5.41) is 1.74. The molecule has 0 aromatic heterocycles. The Labute approximate surface area is 243 Å². The van der Waals surface area contributed by atoms with Crippen LogP contribution in [0.25, 0.3) is 12.2 Å². The van der Waals surface area contributed by atoms with Crippen molar-refractivity contribution in [2.24, 2.45) is 22.7 Å². The van der Waals surface area contributed by atoms with Crippen molar-refractivity contribution in [3.05, 3.63) is 58.2 Å². The summed E-state index contributed by atoms with van der Waals surface area (Å²) < 4.78 is 37.8. The van der Waals surface area contributed by atoms with E-state index in [1.807, 2.05) is 48.6 Å². The van der Waals surface area contributed by atoms with E-state index in [9.17, 15) is 4.57 Å². The van der Waals surface area contributed by atoms with E-state index < -0.39 is 7.80 Å². The van der Waals surface area contributed by atoms with Crippen LogP contribution in [0.1, 0.15) is 79.4 Å². The Kier molecular flexibility index (Phi) is 11.9. The largest absolute Gasteiger partial charge is 0.496 e. The van der Waals surface area contributed by atoms with Gasteiger partial charge in [-0.05, 0) is 47.9 Å². The fourth-order valence-electron chi connectivity index (χ4n) is 5.34. The molecule has 220 valence electrons. The second-order valence-corrected chi connectivity index (χ2v) is 14.5. The molecule has 5 nitrogen and oxygen atoms in total. The Bertz CT molecular complexity index is 1080. The van der Waals surface area contributed by atoms with Gasteiger partial charge in [0.1, 0.15) is 23.0 Å². The van der Waals surface area contributed by atoms with Crippen LogP contribution in [0.3, 0.4) is 0 Å². The molecule has 0 bridgehead atoms. The van der Waals surface area contributed by atoms with E-state index in [0.29, 0.717) is 23.0 Å². The summed E-state index contributed by atoms with van der Waals surface area (Å²) in [6, 6.07) is 11.4. The molecule has 0 aliphatic carbocycles. The lowest BCUT2D eigenvalue weighted by Crippen LogP contribution is -2.14. The lowest BCUT2D eigenvalue weighted by molar-refractivity contribution is 0.332. The van der Waals surface area contributed by atoms with Crippen LogP contribution in [0, 0.1) is 22.7 Å². The fraction of sp³-hybridized carbons (Fsp3) is 0.529. The summed E-state index contributed by atoms with van der Waals surface area (Å²) in [7, 11) is 4.63. The third-order valence-electron chi connectivity index (χ3n) is 6.83. The van der Waals surface area contributed by atoms with Gasteiger partial charge in [-0.3, -0.25) is 0 Å². The van der Waals surface area contributed by atoms with Crippen LogP contribution < -0.4 is 18.9 Å². The molecule has 2 rings (SSSR count). The summed E-state index contributed by atoms with van der Waals surface area (Å²) >= 11 is 0. The number of allylic oxidation sites excluding steroid dienone is 2. The lowest BCUT2D eigenvalue weighted by Gasteiger charge is -2.24. The number of rotatable bonds is 12. The standard InChI is InChI=1S/C34H50O5P/c1-23(21-33(3,4)5)31(19-25-27(36-9)15-13-16-28(25)37-10)40(35)32(24(2)22-34(6,7)8)20-26-29(38-11)17-14-18-30(26)39-12/h13-20,23-24H,21-22H2,1-12H3/q+1. The summed E-state index contributed by atoms with van der Waals surface area (Å²) in [5.74, 6) is 2.82. The van der Waals surface area contributed by atoms with Crippen molar-refractivity contribution in [1.29, 1.82) is 0 Å². The Morgan fingerprint density at radius 1 is 0.650 bits per heavy atom. The van der Waals surface area contributed by atoms with E-state index >= 15 is 0 Å². The Morgan fingerprint density at radius 2 is 0.925 bits per heavy atom. The van der Waals surface area contributed by atoms with Crippen LogP contribution in [0.5, 0.6) is 23.0 Å². The predicted octanol–water partition coefficient (Wildman–Crippen LogP) is 10.1. The van der Waals surface area contributed by atoms with Crippen LogP contribution in [-0.4, -0.2) is 28.4 Å². The molecule has 0 saturated carbocycles. The molecule has 0 aliphatic rings. The van der Waals surface area contributed by atoms with Crippen molar-refractivity contribution >= 4 is 20.0 Å². The molecule has 40 heavy (non-hydrogen) atoms. The van der Waals surface area contributed by atoms with E-state index in [2.05, 4.69) is 55.4 Å². The highest BCUT2D eigenvalue weighted by molar-refractivity contribution is 7.54. The first-order valence-electron chi connectivity index (χ1n) is 14.0. The molecule has 2 unspecified atom stereocenters. The fourth-order valence-corrected chi connectivity index (χ4v) is 7.11. The van der Waals surface area contributed by atoms with Crippen LogP contribution >= 0.6 is 7.80 Å². The van der Waals surface area contributed by atoms with Crippen molar-refractivity contribution in [3.63, 3.8) is 0 Å². The van der Waals surface area contributed by atoms with Gasteiger partial charge in [0.15, 0.2) is 10.6 Å². The summed E-state index contributed by atoms with van der Waals surface area (Å²) in [5.41, 5.74) is 1.69. The van der Waals surface area contributed by atoms with Gasteiger partial charge in [0, 0.05) is 24.0 Å². The Balaban J connectivity index is 2.90. The van der Waals surface area contributed by atoms with E-state index in [4.69, 9.17) is 18.9 Å². The number of methoxy groups -OCH3 is 4. The molecule has 0 radical (unpaired) electrons. The number of hydrogen-bond acceptors (Lipinski definition) is 5. The van der Waals surface area contributed by atoms with Crippen LogP contribution in [0.15, 0.2) is 47.0 Å². The monoisotopic (exact) mass is 569 g/mol. The first-order valence-corrected chi connectivity index (χ1v) is 15.2. The smallest absolute Gasteiger partial charge is 0.407 e. The molecule has 0 fully saturated rings. The van der Waals surface area contributed by atoms with Crippen molar-refractivity contribution < 1.29 is 23.5 Å². The Hall–Kier alpha value is -2.78. The molecule has 2 atom stereocenters. The number of ether oxygens (including phenoxy) is 4. The maximum atomic E-state index is 15.0. The molecule has 6 heteroatoms. The minimum atomic E-state index is -1.96. The van der Waals surface area contributed by atoms with Gasteiger partial charge in [0.2, 0.25) is 0 Å². The zero-order valence-electron chi connectivity index (χ0n) is 26.7. The van der Waals surface area contributed by atoms with Gasteiger partial charge >= 0.3 is 7.80 Å². The minimum absolute atomic E-state index is 0.0445. The van der Waals surface area contributed by atoms with Crippen molar-refractivity contribution in [1.82, 2.24) is 0 Å². The van der Waals surface area contributed by atoms with Crippen LogP contribution in [-0.2, 0) is 4.57 Å². The normalized spacial score (nSPS) is 14.8. The van der Waals surface area contributed by atoms with Crippen LogP contribution in [0.2, 0.25) is 0 Å². The highest BCUT2D eigenvalue weighted by atomic mass is 31.1. The predicted molar refractivity (Wildman–Crippen MR) is 169 cm³/mol. The molecule has 0 N–H and O–H groups in total. The van der Waals surface area contributed by atoms with Gasteiger partial charge in [0.25, 0.3) is 0 Å². The maximum Gasteiger partial charge on any atom is 0.407 e. The second kappa shape index (κ2) is 14.2.